The molecule has 4 fully saturated rings. The summed E-state index contributed by atoms with van der Waals surface area (Å²) in [7, 11) is 0. The molecule has 2 aliphatic carbocycles. The molecule has 2 saturated heterocycles. The number of hydrogen-bond donors (Lipinski definition) is 1. The Labute approximate surface area is 136 Å². The van der Waals surface area contributed by atoms with Crippen LogP contribution in [0.4, 0.5) is 0 Å². The SMILES string of the molecule is O=C(NC1CCCC1)C1CC1C(=O)N1CCC2(CC1)OCCO2. The van der Waals surface area contributed by atoms with Crippen molar-refractivity contribution in [2.75, 3.05) is 26.3 Å². The highest BCUT2D eigenvalue weighted by molar-refractivity contribution is 5.92. The van der Waals surface area contributed by atoms with Crippen molar-refractivity contribution in [3.63, 3.8) is 0 Å². The number of carbonyl (C=O) groups excluding carboxylic acids is 2. The van der Waals surface area contributed by atoms with Crippen molar-refractivity contribution in [3.8, 4) is 0 Å². The van der Waals surface area contributed by atoms with Gasteiger partial charge in [-0.2, -0.15) is 0 Å². The molecule has 6 nitrogen and oxygen atoms in total. The zero-order chi connectivity index (χ0) is 15.9. The number of amides is 2. The fourth-order valence-electron chi connectivity index (χ4n) is 4.22. The molecule has 2 unspecified atom stereocenters. The van der Waals surface area contributed by atoms with E-state index in [1.165, 1.54) is 12.8 Å². The molecule has 2 amide bonds. The third-order valence-electron chi connectivity index (χ3n) is 5.80. The monoisotopic (exact) mass is 322 g/mol. The molecular weight excluding hydrogens is 296 g/mol. The molecule has 6 heteroatoms. The van der Waals surface area contributed by atoms with E-state index in [0.717, 1.165) is 25.7 Å². The largest absolute Gasteiger partial charge is 0.353 e. The van der Waals surface area contributed by atoms with Crippen molar-refractivity contribution in [2.45, 2.75) is 56.8 Å². The van der Waals surface area contributed by atoms with Crippen LogP contribution >= 0.6 is 0 Å². The van der Waals surface area contributed by atoms with Gasteiger partial charge < -0.3 is 19.7 Å². The Morgan fingerprint density at radius 2 is 1.65 bits per heavy atom. The predicted octanol–water partition coefficient (Wildman–Crippen LogP) is 1.05. The van der Waals surface area contributed by atoms with Gasteiger partial charge in [-0.1, -0.05) is 12.8 Å². The standard InChI is InChI=1S/C17H26N2O4/c20-15(18-12-3-1-2-4-12)13-11-14(13)16(21)19-7-5-17(6-8-19)22-9-10-23-17/h12-14H,1-11H2,(H,18,20). The molecular formula is C17H26N2O4. The Balaban J connectivity index is 1.25. The van der Waals surface area contributed by atoms with Crippen LogP contribution in [-0.2, 0) is 19.1 Å². The summed E-state index contributed by atoms with van der Waals surface area (Å²) in [5.41, 5.74) is 0. The quantitative estimate of drug-likeness (QED) is 0.843. The Hall–Kier alpha value is -1.14. The van der Waals surface area contributed by atoms with E-state index >= 15 is 0 Å². The average molecular weight is 322 g/mol. The smallest absolute Gasteiger partial charge is 0.226 e. The minimum atomic E-state index is -0.445. The predicted molar refractivity (Wildman–Crippen MR) is 82.4 cm³/mol. The van der Waals surface area contributed by atoms with Crippen LogP contribution in [0.25, 0.3) is 0 Å². The molecule has 4 rings (SSSR count). The van der Waals surface area contributed by atoms with Crippen molar-refractivity contribution in [1.82, 2.24) is 10.2 Å². The van der Waals surface area contributed by atoms with E-state index in [4.69, 9.17) is 9.47 Å². The fourth-order valence-corrected chi connectivity index (χ4v) is 4.22. The van der Waals surface area contributed by atoms with Crippen molar-refractivity contribution in [2.24, 2.45) is 11.8 Å². The van der Waals surface area contributed by atoms with Gasteiger partial charge in [-0.05, 0) is 19.3 Å². The van der Waals surface area contributed by atoms with E-state index in [-0.39, 0.29) is 23.7 Å². The van der Waals surface area contributed by atoms with Gasteiger partial charge in [0.05, 0.1) is 25.0 Å². The first-order valence-electron chi connectivity index (χ1n) is 9.04. The lowest BCUT2D eigenvalue weighted by Gasteiger charge is -2.37. The van der Waals surface area contributed by atoms with Crippen LogP contribution < -0.4 is 5.32 Å². The van der Waals surface area contributed by atoms with Gasteiger partial charge in [-0.15, -0.1) is 0 Å². The number of ether oxygens (including phenoxy) is 2. The lowest BCUT2D eigenvalue weighted by Crippen LogP contribution is -2.48. The highest BCUT2D eigenvalue weighted by Crippen LogP contribution is 2.42. The minimum Gasteiger partial charge on any atom is -0.353 e. The summed E-state index contributed by atoms with van der Waals surface area (Å²) in [6.07, 6.45) is 6.78. The van der Waals surface area contributed by atoms with Gasteiger partial charge in [-0.25, -0.2) is 0 Å². The lowest BCUT2D eigenvalue weighted by atomic mass is 10.0. The van der Waals surface area contributed by atoms with Gasteiger partial charge in [0.1, 0.15) is 0 Å². The number of carbonyl (C=O) groups is 2. The van der Waals surface area contributed by atoms with Crippen molar-refractivity contribution in [1.29, 1.82) is 0 Å². The summed E-state index contributed by atoms with van der Waals surface area (Å²) < 4.78 is 11.4. The van der Waals surface area contributed by atoms with Gasteiger partial charge in [-0.3, -0.25) is 9.59 Å². The number of nitrogens with zero attached hydrogens (tertiary/aromatic N) is 1. The third kappa shape index (κ3) is 3.11. The molecule has 0 aromatic rings. The highest BCUT2D eigenvalue weighted by Gasteiger charge is 2.51. The van der Waals surface area contributed by atoms with Crippen molar-refractivity contribution < 1.29 is 19.1 Å². The van der Waals surface area contributed by atoms with E-state index < -0.39 is 5.79 Å². The molecule has 2 heterocycles. The van der Waals surface area contributed by atoms with Crippen LogP contribution in [0.15, 0.2) is 0 Å². The van der Waals surface area contributed by atoms with Gasteiger partial charge in [0.15, 0.2) is 5.79 Å². The molecule has 0 bridgehead atoms. The summed E-state index contributed by atoms with van der Waals surface area (Å²) in [4.78, 5) is 26.7. The van der Waals surface area contributed by atoms with E-state index in [2.05, 4.69) is 5.32 Å². The molecule has 128 valence electrons. The second-order valence-electron chi connectivity index (χ2n) is 7.37. The molecule has 1 N–H and O–H groups in total. The molecule has 1 spiro atoms. The molecule has 2 aliphatic heterocycles. The number of likely N-dealkylation sites (tertiary alicyclic amines) is 1. The zero-order valence-electron chi connectivity index (χ0n) is 13.6. The highest BCUT2D eigenvalue weighted by atomic mass is 16.7. The average Bonchev–Trinajstić information content (AvgIpc) is 2.96. The van der Waals surface area contributed by atoms with E-state index in [1.54, 1.807) is 0 Å². The maximum atomic E-state index is 12.6. The summed E-state index contributed by atoms with van der Waals surface area (Å²) in [6, 6.07) is 0.338. The van der Waals surface area contributed by atoms with Crippen LogP contribution in [0.2, 0.25) is 0 Å². The number of piperidine rings is 1. The number of hydrogen-bond acceptors (Lipinski definition) is 4. The normalized spacial score (nSPS) is 33.1. The Morgan fingerprint density at radius 1 is 1.00 bits per heavy atom. The van der Waals surface area contributed by atoms with E-state index in [0.29, 0.717) is 38.8 Å². The number of nitrogens with one attached hydrogen (secondary N) is 1. The van der Waals surface area contributed by atoms with Gasteiger partial charge in [0, 0.05) is 32.0 Å². The summed E-state index contributed by atoms with van der Waals surface area (Å²) in [5, 5.41) is 3.12. The van der Waals surface area contributed by atoms with Crippen molar-refractivity contribution in [3.05, 3.63) is 0 Å². The van der Waals surface area contributed by atoms with Crippen LogP contribution in [-0.4, -0.2) is 54.8 Å². The van der Waals surface area contributed by atoms with E-state index in [1.807, 2.05) is 4.90 Å². The zero-order valence-corrected chi connectivity index (χ0v) is 13.6. The lowest BCUT2D eigenvalue weighted by molar-refractivity contribution is -0.187. The first kappa shape index (κ1) is 15.4. The second-order valence-corrected chi connectivity index (χ2v) is 7.37. The second kappa shape index (κ2) is 6.06. The van der Waals surface area contributed by atoms with Crippen molar-refractivity contribution >= 4 is 11.8 Å². The molecule has 4 aliphatic rings. The summed E-state index contributed by atoms with van der Waals surface area (Å²) in [6.45, 7) is 2.65. The van der Waals surface area contributed by atoms with Gasteiger partial charge >= 0.3 is 0 Å². The molecule has 23 heavy (non-hydrogen) atoms. The first-order valence-corrected chi connectivity index (χ1v) is 9.04. The van der Waals surface area contributed by atoms with Gasteiger partial charge in [0.25, 0.3) is 0 Å². The van der Waals surface area contributed by atoms with Crippen LogP contribution in [0.5, 0.6) is 0 Å². The minimum absolute atomic E-state index is 0.0891. The fraction of sp³-hybridized carbons (Fsp3) is 0.882. The molecule has 0 aromatic carbocycles. The topological polar surface area (TPSA) is 67.9 Å². The maximum Gasteiger partial charge on any atom is 0.226 e. The first-order chi connectivity index (χ1) is 11.2. The Kier molecular flexibility index (Phi) is 4.05. The molecule has 0 radical (unpaired) electrons. The van der Waals surface area contributed by atoms with Gasteiger partial charge in [0.2, 0.25) is 11.8 Å². The Bertz CT molecular complexity index is 473. The number of rotatable bonds is 3. The maximum absolute atomic E-state index is 12.6. The van der Waals surface area contributed by atoms with Crippen LogP contribution in [0, 0.1) is 11.8 Å². The summed E-state index contributed by atoms with van der Waals surface area (Å²) >= 11 is 0. The molecule has 2 atom stereocenters. The Morgan fingerprint density at radius 3 is 2.30 bits per heavy atom. The van der Waals surface area contributed by atoms with E-state index in [9.17, 15) is 9.59 Å². The van der Waals surface area contributed by atoms with Crippen LogP contribution in [0.1, 0.15) is 44.9 Å². The molecule has 0 aromatic heterocycles. The third-order valence-corrected chi connectivity index (χ3v) is 5.80. The van der Waals surface area contributed by atoms with Crippen LogP contribution in [0.3, 0.4) is 0 Å². The summed E-state index contributed by atoms with van der Waals surface area (Å²) in [5.74, 6) is -0.413. The molecule has 2 saturated carbocycles.